The first-order valence-electron chi connectivity index (χ1n) is 6.96. The minimum absolute atomic E-state index is 0.0549. The maximum Gasteiger partial charge on any atom is 0.416 e. The summed E-state index contributed by atoms with van der Waals surface area (Å²) in [6, 6.07) is 2.62. The van der Waals surface area contributed by atoms with Gasteiger partial charge in [0.15, 0.2) is 0 Å². The number of aliphatic hydroxyl groups is 1. The number of benzene rings is 1. The number of alkyl halides is 3. The van der Waals surface area contributed by atoms with E-state index in [1.165, 1.54) is 12.1 Å². The molecular weight excluding hydrogens is 295 g/mol. The molecule has 1 heterocycles. The highest BCUT2D eigenvalue weighted by Gasteiger charge is 2.36. The maximum absolute atomic E-state index is 13.0. The second kappa shape index (κ2) is 5.68. The Morgan fingerprint density at radius 1 is 1.23 bits per heavy atom. The van der Waals surface area contributed by atoms with E-state index in [1.54, 1.807) is 25.7 Å². The van der Waals surface area contributed by atoms with E-state index in [0.29, 0.717) is 12.1 Å². The van der Waals surface area contributed by atoms with Gasteiger partial charge in [-0.05, 0) is 49.6 Å². The van der Waals surface area contributed by atoms with Gasteiger partial charge in [-0.1, -0.05) is 12.7 Å². The quantitative estimate of drug-likeness (QED) is 0.862. The molecule has 0 fully saturated rings. The van der Waals surface area contributed by atoms with E-state index in [1.807, 2.05) is 0 Å². The number of aliphatic hydroxyl groups excluding tert-OH is 1. The van der Waals surface area contributed by atoms with Gasteiger partial charge in [-0.15, -0.1) is 0 Å². The maximum atomic E-state index is 13.0. The van der Waals surface area contributed by atoms with Crippen LogP contribution in [0.15, 0.2) is 18.7 Å². The summed E-state index contributed by atoms with van der Waals surface area (Å²) in [5.41, 5.74) is 0.111. The first-order chi connectivity index (χ1) is 10.0. The van der Waals surface area contributed by atoms with Crippen LogP contribution in [0.4, 0.5) is 13.2 Å². The molecule has 1 aliphatic rings. The third-order valence-electron chi connectivity index (χ3n) is 3.42. The molecular formula is C16H20F3NO2. The smallest absolute Gasteiger partial charge is 0.356 e. The van der Waals surface area contributed by atoms with Crippen LogP contribution in [-0.4, -0.2) is 22.0 Å². The Balaban J connectivity index is 2.26. The lowest BCUT2D eigenvalue weighted by molar-refractivity contribution is -0.241. The lowest BCUT2D eigenvalue weighted by Gasteiger charge is -2.29. The predicted molar refractivity (Wildman–Crippen MR) is 77.6 cm³/mol. The van der Waals surface area contributed by atoms with Crippen LogP contribution in [0.5, 0.6) is 0 Å². The Hall–Kier alpha value is -1.37. The SMILES string of the molecule is C=Cc1cc2c(cc1C(F)(F)F)CN(C(O)OC(C)(C)C)C2. The molecule has 0 aliphatic carbocycles. The summed E-state index contributed by atoms with van der Waals surface area (Å²) >= 11 is 0. The molecule has 6 heteroatoms. The van der Waals surface area contributed by atoms with Crippen LogP contribution in [0.1, 0.15) is 43.0 Å². The van der Waals surface area contributed by atoms with Gasteiger partial charge >= 0.3 is 6.18 Å². The highest BCUT2D eigenvalue weighted by Crippen LogP contribution is 2.37. The fraction of sp³-hybridized carbons (Fsp3) is 0.500. The number of ether oxygens (including phenoxy) is 1. The predicted octanol–water partition coefficient (Wildman–Crippen LogP) is 3.76. The van der Waals surface area contributed by atoms with E-state index >= 15 is 0 Å². The number of hydrogen-bond donors (Lipinski definition) is 1. The third kappa shape index (κ3) is 3.69. The largest absolute Gasteiger partial charge is 0.416 e. The molecule has 0 radical (unpaired) electrons. The molecule has 0 saturated carbocycles. The van der Waals surface area contributed by atoms with Gasteiger partial charge in [0.2, 0.25) is 6.41 Å². The summed E-state index contributed by atoms with van der Waals surface area (Å²) in [5.74, 6) is 0. The average Bonchev–Trinajstić information content (AvgIpc) is 2.76. The number of fused-ring (bicyclic) bond motifs is 1. The van der Waals surface area contributed by atoms with Crippen LogP contribution >= 0.6 is 0 Å². The lowest BCUT2D eigenvalue weighted by Crippen LogP contribution is -2.38. The monoisotopic (exact) mass is 315 g/mol. The zero-order valence-electron chi connectivity index (χ0n) is 12.9. The van der Waals surface area contributed by atoms with Crippen LogP contribution in [0.25, 0.3) is 6.08 Å². The molecule has 0 amide bonds. The van der Waals surface area contributed by atoms with E-state index in [9.17, 15) is 18.3 Å². The lowest BCUT2D eigenvalue weighted by atomic mass is 9.99. The minimum atomic E-state index is -4.42. The Labute approximate surface area is 128 Å². The first-order valence-corrected chi connectivity index (χ1v) is 6.96. The molecule has 1 aliphatic heterocycles. The molecule has 0 bridgehead atoms. The van der Waals surface area contributed by atoms with Gasteiger partial charge in [0, 0.05) is 13.1 Å². The number of halogens is 3. The zero-order valence-corrected chi connectivity index (χ0v) is 12.9. The van der Waals surface area contributed by atoms with Crippen molar-refractivity contribution in [2.24, 2.45) is 0 Å². The molecule has 1 aromatic rings. The summed E-state index contributed by atoms with van der Waals surface area (Å²) in [7, 11) is 0. The van der Waals surface area contributed by atoms with Crippen LogP contribution in [0.3, 0.4) is 0 Å². The summed E-state index contributed by atoms with van der Waals surface area (Å²) in [5, 5.41) is 10.1. The third-order valence-corrected chi connectivity index (χ3v) is 3.42. The number of rotatable bonds is 3. The molecule has 1 unspecified atom stereocenters. The summed E-state index contributed by atoms with van der Waals surface area (Å²) in [6.45, 7) is 9.41. The van der Waals surface area contributed by atoms with Crippen LogP contribution in [0.2, 0.25) is 0 Å². The molecule has 3 nitrogen and oxygen atoms in total. The van der Waals surface area contributed by atoms with Gasteiger partial charge < -0.3 is 9.84 Å². The standard InChI is InChI=1S/C16H20F3NO2/c1-5-10-6-11-8-20(14(21)22-15(2,3)4)9-12(11)7-13(10)16(17,18)19/h5-7,14,21H,1,8-9H2,2-4H3. The van der Waals surface area contributed by atoms with Crippen molar-refractivity contribution in [2.45, 2.75) is 52.1 Å². The van der Waals surface area contributed by atoms with Crippen molar-refractivity contribution in [3.63, 3.8) is 0 Å². The molecule has 2 rings (SSSR count). The highest BCUT2D eigenvalue weighted by atomic mass is 19.4. The van der Waals surface area contributed by atoms with Gasteiger partial charge in [-0.3, -0.25) is 0 Å². The van der Waals surface area contributed by atoms with E-state index in [2.05, 4.69) is 6.58 Å². The van der Waals surface area contributed by atoms with E-state index in [0.717, 1.165) is 11.6 Å². The molecule has 0 saturated heterocycles. The normalized spacial score (nSPS) is 17.4. The second-order valence-electron chi connectivity index (χ2n) is 6.37. The van der Waals surface area contributed by atoms with Gasteiger partial charge in [0.25, 0.3) is 0 Å². The van der Waals surface area contributed by atoms with Crippen molar-refractivity contribution in [1.29, 1.82) is 0 Å². The summed E-state index contributed by atoms with van der Waals surface area (Å²) in [4.78, 5) is 1.59. The zero-order chi connectivity index (χ0) is 16.7. The van der Waals surface area contributed by atoms with Gasteiger partial charge in [0.1, 0.15) is 0 Å². The molecule has 1 N–H and O–H groups in total. The van der Waals surface area contributed by atoms with E-state index < -0.39 is 23.8 Å². The Bertz CT molecular complexity index is 576. The summed E-state index contributed by atoms with van der Waals surface area (Å²) < 4.78 is 44.6. The van der Waals surface area contributed by atoms with Crippen molar-refractivity contribution in [3.05, 3.63) is 41.0 Å². The summed E-state index contributed by atoms with van der Waals surface area (Å²) in [6.07, 6.45) is -4.38. The van der Waals surface area contributed by atoms with Gasteiger partial charge in [0.05, 0.1) is 11.2 Å². The topological polar surface area (TPSA) is 32.7 Å². The Kier molecular flexibility index (Phi) is 4.39. The number of hydrogen-bond acceptors (Lipinski definition) is 3. The fourth-order valence-corrected chi connectivity index (χ4v) is 2.46. The Morgan fingerprint density at radius 2 is 1.77 bits per heavy atom. The van der Waals surface area contributed by atoms with Crippen molar-refractivity contribution >= 4 is 6.08 Å². The Morgan fingerprint density at radius 3 is 2.23 bits per heavy atom. The molecule has 22 heavy (non-hydrogen) atoms. The fourth-order valence-electron chi connectivity index (χ4n) is 2.46. The molecule has 0 spiro atoms. The highest BCUT2D eigenvalue weighted by molar-refractivity contribution is 5.56. The van der Waals surface area contributed by atoms with Crippen molar-refractivity contribution in [3.8, 4) is 0 Å². The minimum Gasteiger partial charge on any atom is -0.356 e. The molecule has 1 aromatic carbocycles. The number of nitrogens with zero attached hydrogens (tertiary/aromatic N) is 1. The average molecular weight is 315 g/mol. The van der Waals surface area contributed by atoms with E-state index in [4.69, 9.17) is 4.74 Å². The van der Waals surface area contributed by atoms with Crippen molar-refractivity contribution in [1.82, 2.24) is 4.90 Å². The van der Waals surface area contributed by atoms with Crippen LogP contribution < -0.4 is 0 Å². The van der Waals surface area contributed by atoms with E-state index in [-0.39, 0.29) is 12.1 Å². The molecule has 0 aromatic heterocycles. The van der Waals surface area contributed by atoms with Gasteiger partial charge in [-0.25, -0.2) is 4.90 Å². The van der Waals surface area contributed by atoms with Crippen LogP contribution in [-0.2, 0) is 24.0 Å². The second-order valence-corrected chi connectivity index (χ2v) is 6.37. The first kappa shape index (κ1) is 17.0. The molecule has 1 atom stereocenters. The van der Waals surface area contributed by atoms with Crippen molar-refractivity contribution < 1.29 is 23.0 Å². The van der Waals surface area contributed by atoms with Gasteiger partial charge in [-0.2, -0.15) is 13.2 Å². The van der Waals surface area contributed by atoms with Crippen molar-refractivity contribution in [2.75, 3.05) is 0 Å². The van der Waals surface area contributed by atoms with Crippen LogP contribution in [0, 0.1) is 0 Å². The molecule has 122 valence electrons.